The van der Waals surface area contributed by atoms with Crippen LogP contribution in [0.15, 0.2) is 59.5 Å². The highest BCUT2D eigenvalue weighted by Crippen LogP contribution is 2.26. The van der Waals surface area contributed by atoms with E-state index < -0.39 is 6.36 Å². The van der Waals surface area contributed by atoms with Crippen LogP contribution in [0, 0.1) is 0 Å². The van der Waals surface area contributed by atoms with E-state index in [0.717, 1.165) is 0 Å². The van der Waals surface area contributed by atoms with Crippen LogP contribution >= 0.6 is 0 Å². The Morgan fingerprint density at radius 2 is 1.82 bits per heavy atom. The van der Waals surface area contributed by atoms with E-state index in [1.165, 1.54) is 29.1 Å². The lowest BCUT2D eigenvalue weighted by atomic mass is 10.2. The molecule has 3 aromatic rings. The van der Waals surface area contributed by atoms with Crippen molar-refractivity contribution < 1.29 is 22.7 Å². The molecule has 0 fully saturated rings. The zero-order valence-corrected chi connectivity index (χ0v) is 14.6. The number of halogens is 3. The molecule has 6 nitrogen and oxygen atoms in total. The number of alkyl halides is 3. The average molecular weight is 391 g/mol. The Balaban J connectivity index is 1.62. The fourth-order valence-corrected chi connectivity index (χ4v) is 2.70. The summed E-state index contributed by atoms with van der Waals surface area (Å²) in [4.78, 5) is 23.9. The van der Waals surface area contributed by atoms with Crippen LogP contribution in [-0.2, 0) is 17.9 Å². The highest BCUT2D eigenvalue weighted by atomic mass is 19.4. The Kier molecular flexibility index (Phi) is 5.62. The van der Waals surface area contributed by atoms with Crippen LogP contribution in [-0.4, -0.2) is 22.1 Å². The van der Waals surface area contributed by atoms with Crippen molar-refractivity contribution in [3.63, 3.8) is 0 Å². The van der Waals surface area contributed by atoms with Crippen LogP contribution in [0.5, 0.6) is 5.75 Å². The van der Waals surface area contributed by atoms with E-state index in [-0.39, 0.29) is 42.2 Å². The fraction of sp³-hybridized carbons (Fsp3) is 0.211. The van der Waals surface area contributed by atoms with Gasteiger partial charge in [0.25, 0.3) is 0 Å². The lowest BCUT2D eigenvalue weighted by molar-refractivity contribution is -0.274. The minimum Gasteiger partial charge on any atom is -0.405 e. The lowest BCUT2D eigenvalue weighted by Gasteiger charge is -2.14. The molecular weight excluding hydrogens is 375 g/mol. The number of nitrogens with one attached hydrogen (secondary N) is 1. The molecule has 3 rings (SSSR count). The predicted octanol–water partition coefficient (Wildman–Crippen LogP) is 3.00. The molecular formula is C19H16F3N3O3. The third kappa shape index (κ3) is 4.87. The molecule has 0 unspecified atom stereocenters. The van der Waals surface area contributed by atoms with Gasteiger partial charge in [0.1, 0.15) is 5.75 Å². The van der Waals surface area contributed by atoms with Crippen molar-refractivity contribution in [2.75, 3.05) is 0 Å². The third-order valence-electron chi connectivity index (χ3n) is 3.99. The van der Waals surface area contributed by atoms with E-state index in [4.69, 9.17) is 0 Å². The highest BCUT2D eigenvalue weighted by Gasteiger charge is 2.31. The molecule has 0 bridgehead atoms. The average Bonchev–Trinajstić information content (AvgIpc) is 2.66. The second-order valence-electron chi connectivity index (χ2n) is 5.93. The Hall–Kier alpha value is -3.36. The van der Waals surface area contributed by atoms with Gasteiger partial charge in [-0.3, -0.25) is 14.3 Å². The van der Waals surface area contributed by atoms with Crippen LogP contribution < -0.4 is 15.5 Å². The molecule has 0 aliphatic rings. The monoisotopic (exact) mass is 391 g/mol. The van der Waals surface area contributed by atoms with Crippen molar-refractivity contribution in [2.45, 2.75) is 25.9 Å². The van der Waals surface area contributed by atoms with Gasteiger partial charge in [-0.1, -0.05) is 30.3 Å². The van der Waals surface area contributed by atoms with Gasteiger partial charge in [0.2, 0.25) is 11.3 Å². The number of hydrogen-bond acceptors (Lipinski definition) is 4. The number of fused-ring (bicyclic) bond motifs is 1. The Morgan fingerprint density at radius 1 is 1.11 bits per heavy atom. The SMILES string of the molecule is O=C(CCn1ncc(=O)c2ccccc21)NCc1ccccc1OC(F)(F)F. The molecule has 0 aliphatic heterocycles. The van der Waals surface area contributed by atoms with Crippen molar-refractivity contribution in [1.29, 1.82) is 0 Å². The minimum atomic E-state index is -4.81. The van der Waals surface area contributed by atoms with Gasteiger partial charge in [-0.2, -0.15) is 5.10 Å². The number of nitrogens with zero attached hydrogens (tertiary/aromatic N) is 2. The Bertz CT molecular complexity index is 1050. The summed E-state index contributed by atoms with van der Waals surface area (Å²) in [5, 5.41) is 7.09. The number of carbonyl (C=O) groups excluding carboxylic acids is 1. The molecule has 1 heterocycles. The second kappa shape index (κ2) is 8.12. The van der Waals surface area contributed by atoms with Crippen molar-refractivity contribution >= 4 is 16.8 Å². The molecule has 28 heavy (non-hydrogen) atoms. The molecule has 0 atom stereocenters. The van der Waals surface area contributed by atoms with Gasteiger partial charge >= 0.3 is 6.36 Å². The molecule has 0 saturated heterocycles. The van der Waals surface area contributed by atoms with Crippen molar-refractivity contribution in [3.05, 3.63) is 70.5 Å². The maximum atomic E-state index is 12.4. The number of aromatic nitrogens is 2. The minimum absolute atomic E-state index is 0.0438. The van der Waals surface area contributed by atoms with E-state index >= 15 is 0 Å². The standard InChI is InChI=1S/C19H16F3N3O3/c20-19(21,22)28-17-8-4-1-5-13(17)11-23-18(27)9-10-25-15-7-3-2-6-14(15)16(26)12-24-25/h1-8,12H,9-11H2,(H,23,27). The smallest absolute Gasteiger partial charge is 0.405 e. The first-order valence-electron chi connectivity index (χ1n) is 8.39. The number of carbonyl (C=O) groups is 1. The number of benzene rings is 2. The summed E-state index contributed by atoms with van der Waals surface area (Å²) < 4.78 is 42.8. The van der Waals surface area contributed by atoms with Gasteiger partial charge in [0.05, 0.1) is 18.3 Å². The Labute approximate surface area is 157 Å². The molecule has 0 aliphatic carbocycles. The number of aryl methyl sites for hydroxylation is 1. The largest absolute Gasteiger partial charge is 0.573 e. The summed E-state index contributed by atoms with van der Waals surface area (Å²) in [7, 11) is 0. The predicted molar refractivity (Wildman–Crippen MR) is 95.6 cm³/mol. The molecule has 0 spiro atoms. The second-order valence-corrected chi connectivity index (χ2v) is 5.93. The van der Waals surface area contributed by atoms with E-state index in [1.807, 2.05) is 0 Å². The zero-order chi connectivity index (χ0) is 20.1. The summed E-state index contributed by atoms with van der Waals surface area (Å²) in [6, 6.07) is 12.5. The molecule has 2 aromatic carbocycles. The summed E-state index contributed by atoms with van der Waals surface area (Å²) in [6.45, 7) is 0.108. The molecule has 0 radical (unpaired) electrons. The number of rotatable bonds is 6. The van der Waals surface area contributed by atoms with Gasteiger partial charge in [-0.05, 0) is 18.2 Å². The molecule has 1 N–H and O–H groups in total. The summed E-state index contributed by atoms with van der Waals surface area (Å²) in [6.07, 6.45) is -3.58. The van der Waals surface area contributed by atoms with E-state index in [2.05, 4.69) is 15.2 Å². The summed E-state index contributed by atoms with van der Waals surface area (Å²) >= 11 is 0. The molecule has 0 saturated carbocycles. The number of para-hydroxylation sites is 2. The fourth-order valence-electron chi connectivity index (χ4n) is 2.70. The quantitative estimate of drug-likeness (QED) is 0.701. The zero-order valence-electron chi connectivity index (χ0n) is 14.6. The van der Waals surface area contributed by atoms with Crippen molar-refractivity contribution in [2.24, 2.45) is 0 Å². The van der Waals surface area contributed by atoms with Crippen LogP contribution in [0.4, 0.5) is 13.2 Å². The highest BCUT2D eigenvalue weighted by molar-refractivity contribution is 5.79. The van der Waals surface area contributed by atoms with E-state index in [0.29, 0.717) is 10.9 Å². The first-order chi connectivity index (χ1) is 13.3. The van der Waals surface area contributed by atoms with E-state index in [9.17, 15) is 22.8 Å². The van der Waals surface area contributed by atoms with E-state index in [1.54, 1.807) is 30.3 Å². The lowest BCUT2D eigenvalue weighted by Crippen LogP contribution is -2.26. The van der Waals surface area contributed by atoms with Crippen LogP contribution in [0.25, 0.3) is 10.9 Å². The molecule has 1 amide bonds. The van der Waals surface area contributed by atoms with Gasteiger partial charge < -0.3 is 10.1 Å². The number of amides is 1. The third-order valence-corrected chi connectivity index (χ3v) is 3.99. The van der Waals surface area contributed by atoms with Gasteiger partial charge in [-0.25, -0.2) is 0 Å². The van der Waals surface area contributed by atoms with Crippen LogP contribution in [0.1, 0.15) is 12.0 Å². The van der Waals surface area contributed by atoms with Crippen molar-refractivity contribution in [1.82, 2.24) is 15.1 Å². The molecule has 146 valence electrons. The molecule has 1 aromatic heterocycles. The normalized spacial score (nSPS) is 11.4. The van der Waals surface area contributed by atoms with Gasteiger partial charge in [0, 0.05) is 23.9 Å². The topological polar surface area (TPSA) is 73.2 Å². The van der Waals surface area contributed by atoms with Crippen LogP contribution in [0.3, 0.4) is 0 Å². The number of ether oxygens (including phenoxy) is 1. The van der Waals surface area contributed by atoms with Gasteiger partial charge in [-0.15, -0.1) is 13.2 Å². The van der Waals surface area contributed by atoms with Crippen molar-refractivity contribution in [3.8, 4) is 5.75 Å². The Morgan fingerprint density at radius 3 is 2.61 bits per heavy atom. The first-order valence-corrected chi connectivity index (χ1v) is 8.39. The van der Waals surface area contributed by atoms with Crippen LogP contribution in [0.2, 0.25) is 0 Å². The number of hydrogen-bond donors (Lipinski definition) is 1. The maximum Gasteiger partial charge on any atom is 0.573 e. The maximum absolute atomic E-state index is 12.4. The summed E-state index contributed by atoms with van der Waals surface area (Å²) in [5.41, 5.74) is 0.601. The first kappa shape index (κ1) is 19.4. The van der Waals surface area contributed by atoms with Gasteiger partial charge in [0.15, 0.2) is 0 Å². The molecule has 9 heteroatoms. The summed E-state index contributed by atoms with van der Waals surface area (Å²) in [5.74, 6) is -0.727.